The minimum Gasteiger partial charge on any atom is -0.497 e. The second-order valence-corrected chi connectivity index (χ2v) is 4.60. The Labute approximate surface area is 115 Å². The first kappa shape index (κ1) is 15.5. The Morgan fingerprint density at radius 3 is 2.58 bits per heavy atom. The molecule has 4 heteroatoms. The van der Waals surface area contributed by atoms with Crippen LogP contribution in [0.1, 0.15) is 31.7 Å². The van der Waals surface area contributed by atoms with Crippen LogP contribution in [0.2, 0.25) is 0 Å². The quantitative estimate of drug-likeness (QED) is 0.753. The first-order valence-corrected chi connectivity index (χ1v) is 6.82. The van der Waals surface area contributed by atoms with Gasteiger partial charge < -0.3 is 15.8 Å². The molecule has 1 atom stereocenters. The average molecular weight is 264 g/mol. The minimum atomic E-state index is 0.0936. The summed E-state index contributed by atoms with van der Waals surface area (Å²) in [6.45, 7) is 2.67. The van der Waals surface area contributed by atoms with Crippen LogP contribution in [0.3, 0.4) is 0 Å². The second kappa shape index (κ2) is 8.53. The molecule has 0 saturated carbocycles. The highest BCUT2D eigenvalue weighted by Crippen LogP contribution is 2.12. The van der Waals surface area contributed by atoms with Crippen molar-refractivity contribution in [1.29, 1.82) is 0 Å². The van der Waals surface area contributed by atoms with E-state index < -0.39 is 0 Å². The number of methoxy groups -OCH3 is 1. The molecular formula is C15H24N2O2. The van der Waals surface area contributed by atoms with E-state index in [0.29, 0.717) is 13.0 Å². The number of carbonyl (C=O) groups excluding carboxylic acids is 1. The third kappa shape index (κ3) is 5.75. The summed E-state index contributed by atoms with van der Waals surface area (Å²) >= 11 is 0. The van der Waals surface area contributed by atoms with E-state index in [1.807, 2.05) is 24.3 Å². The number of nitrogens with one attached hydrogen (secondary N) is 1. The van der Waals surface area contributed by atoms with Crippen LogP contribution in [0.5, 0.6) is 5.75 Å². The molecule has 1 unspecified atom stereocenters. The summed E-state index contributed by atoms with van der Waals surface area (Å²) in [6, 6.07) is 8.01. The van der Waals surface area contributed by atoms with Gasteiger partial charge in [-0.25, -0.2) is 0 Å². The largest absolute Gasteiger partial charge is 0.497 e. The van der Waals surface area contributed by atoms with Crippen molar-refractivity contribution in [2.24, 2.45) is 5.73 Å². The summed E-state index contributed by atoms with van der Waals surface area (Å²) in [5.74, 6) is 0.929. The lowest BCUT2D eigenvalue weighted by molar-refractivity contribution is -0.121. The van der Waals surface area contributed by atoms with Crippen molar-refractivity contribution in [3.8, 4) is 5.75 Å². The monoisotopic (exact) mass is 264 g/mol. The van der Waals surface area contributed by atoms with Crippen LogP contribution in [-0.4, -0.2) is 25.6 Å². The van der Waals surface area contributed by atoms with E-state index in [1.165, 1.54) is 0 Å². The molecule has 1 rings (SSSR count). The van der Waals surface area contributed by atoms with Crippen LogP contribution in [-0.2, 0) is 11.2 Å². The average Bonchev–Trinajstić information content (AvgIpc) is 2.45. The molecule has 0 aliphatic rings. The molecule has 0 radical (unpaired) electrons. The van der Waals surface area contributed by atoms with Crippen LogP contribution < -0.4 is 15.8 Å². The van der Waals surface area contributed by atoms with Crippen molar-refractivity contribution in [3.63, 3.8) is 0 Å². The number of nitrogens with two attached hydrogens (primary N) is 1. The molecule has 0 fully saturated rings. The smallest absolute Gasteiger partial charge is 0.220 e. The molecule has 1 aromatic rings. The molecule has 0 aliphatic carbocycles. The zero-order valence-electron chi connectivity index (χ0n) is 11.8. The Morgan fingerprint density at radius 1 is 1.37 bits per heavy atom. The van der Waals surface area contributed by atoms with Gasteiger partial charge in [-0.2, -0.15) is 0 Å². The molecule has 4 nitrogen and oxygen atoms in total. The van der Waals surface area contributed by atoms with Crippen molar-refractivity contribution in [1.82, 2.24) is 5.32 Å². The van der Waals surface area contributed by atoms with E-state index in [-0.39, 0.29) is 11.9 Å². The van der Waals surface area contributed by atoms with Gasteiger partial charge in [0.05, 0.1) is 7.11 Å². The summed E-state index contributed by atoms with van der Waals surface area (Å²) in [5.41, 5.74) is 6.65. The summed E-state index contributed by atoms with van der Waals surface area (Å²) in [5, 5.41) is 3.02. The molecule has 3 N–H and O–H groups in total. The first-order chi connectivity index (χ1) is 9.19. The summed E-state index contributed by atoms with van der Waals surface area (Å²) < 4.78 is 5.10. The summed E-state index contributed by atoms with van der Waals surface area (Å²) in [4.78, 5) is 11.8. The lowest BCUT2D eigenvalue weighted by atomic mass is 10.1. The van der Waals surface area contributed by atoms with Crippen LogP contribution in [0.4, 0.5) is 0 Å². The number of hydrogen-bond acceptors (Lipinski definition) is 3. The van der Waals surface area contributed by atoms with Gasteiger partial charge in [-0.15, -0.1) is 0 Å². The Balaban J connectivity index is 2.36. The molecule has 0 bridgehead atoms. The number of benzene rings is 1. The van der Waals surface area contributed by atoms with Gasteiger partial charge in [-0.3, -0.25) is 4.79 Å². The molecule has 0 heterocycles. The van der Waals surface area contributed by atoms with Gasteiger partial charge in [0.2, 0.25) is 5.91 Å². The van der Waals surface area contributed by atoms with Crippen LogP contribution in [0.15, 0.2) is 24.3 Å². The maximum Gasteiger partial charge on any atom is 0.220 e. The molecule has 0 aromatic heterocycles. The Bertz CT molecular complexity index is 376. The summed E-state index contributed by atoms with van der Waals surface area (Å²) in [6.07, 6.45) is 3.01. The maximum atomic E-state index is 11.8. The molecule has 106 valence electrons. The van der Waals surface area contributed by atoms with Crippen LogP contribution in [0, 0.1) is 0 Å². The Kier molecular flexibility index (Phi) is 6.97. The number of rotatable bonds is 8. The minimum absolute atomic E-state index is 0.0936. The standard InChI is InChI=1S/C15H24N2O2/c1-3-13(10-11-16)17-15(18)9-6-12-4-7-14(19-2)8-5-12/h4-5,7-8,13H,3,6,9-11,16H2,1-2H3,(H,17,18). The topological polar surface area (TPSA) is 64.3 Å². The molecule has 1 amide bonds. The molecular weight excluding hydrogens is 240 g/mol. The fraction of sp³-hybridized carbons (Fsp3) is 0.533. The second-order valence-electron chi connectivity index (χ2n) is 4.60. The molecule has 0 aliphatic heterocycles. The normalized spacial score (nSPS) is 11.9. The van der Waals surface area contributed by atoms with E-state index in [9.17, 15) is 4.79 Å². The fourth-order valence-corrected chi connectivity index (χ4v) is 1.93. The van der Waals surface area contributed by atoms with Crippen LogP contribution >= 0.6 is 0 Å². The van der Waals surface area contributed by atoms with Gasteiger partial charge >= 0.3 is 0 Å². The number of carbonyl (C=O) groups is 1. The third-order valence-electron chi connectivity index (χ3n) is 3.17. The zero-order valence-corrected chi connectivity index (χ0v) is 11.8. The van der Waals surface area contributed by atoms with Crippen molar-refractivity contribution in [2.45, 2.75) is 38.6 Å². The Morgan fingerprint density at radius 2 is 2.05 bits per heavy atom. The van der Waals surface area contributed by atoms with Gasteiger partial charge in [0, 0.05) is 12.5 Å². The highest BCUT2D eigenvalue weighted by atomic mass is 16.5. The van der Waals surface area contributed by atoms with Gasteiger partial charge in [0.1, 0.15) is 5.75 Å². The highest BCUT2D eigenvalue weighted by molar-refractivity contribution is 5.76. The van der Waals surface area contributed by atoms with E-state index in [1.54, 1.807) is 7.11 Å². The lowest BCUT2D eigenvalue weighted by Gasteiger charge is -2.15. The number of amides is 1. The molecule has 19 heavy (non-hydrogen) atoms. The number of aryl methyl sites for hydroxylation is 1. The fourth-order valence-electron chi connectivity index (χ4n) is 1.93. The van der Waals surface area contributed by atoms with Crippen molar-refractivity contribution in [3.05, 3.63) is 29.8 Å². The first-order valence-electron chi connectivity index (χ1n) is 6.82. The van der Waals surface area contributed by atoms with Crippen molar-refractivity contribution >= 4 is 5.91 Å². The van der Waals surface area contributed by atoms with Gasteiger partial charge in [-0.05, 0) is 43.5 Å². The third-order valence-corrected chi connectivity index (χ3v) is 3.17. The molecule has 1 aromatic carbocycles. The SMILES string of the molecule is CCC(CCN)NC(=O)CCc1ccc(OC)cc1. The van der Waals surface area contributed by atoms with Gasteiger partial charge in [-0.1, -0.05) is 19.1 Å². The highest BCUT2D eigenvalue weighted by Gasteiger charge is 2.09. The summed E-state index contributed by atoms with van der Waals surface area (Å²) in [7, 11) is 1.64. The van der Waals surface area contributed by atoms with Gasteiger partial charge in [0.25, 0.3) is 0 Å². The van der Waals surface area contributed by atoms with Gasteiger partial charge in [0.15, 0.2) is 0 Å². The van der Waals surface area contributed by atoms with Crippen LogP contribution in [0.25, 0.3) is 0 Å². The molecule has 0 spiro atoms. The molecule has 0 saturated heterocycles. The van der Waals surface area contributed by atoms with E-state index in [0.717, 1.165) is 30.6 Å². The van der Waals surface area contributed by atoms with Crippen molar-refractivity contribution < 1.29 is 9.53 Å². The number of hydrogen-bond donors (Lipinski definition) is 2. The Hall–Kier alpha value is -1.55. The number of ether oxygens (including phenoxy) is 1. The van der Waals surface area contributed by atoms with E-state index in [4.69, 9.17) is 10.5 Å². The maximum absolute atomic E-state index is 11.8. The van der Waals surface area contributed by atoms with Crippen molar-refractivity contribution in [2.75, 3.05) is 13.7 Å². The van der Waals surface area contributed by atoms with E-state index in [2.05, 4.69) is 12.2 Å². The predicted molar refractivity (Wildman–Crippen MR) is 77.2 cm³/mol. The predicted octanol–water partition coefficient (Wildman–Crippen LogP) is 1.87. The lowest BCUT2D eigenvalue weighted by Crippen LogP contribution is -2.35. The zero-order chi connectivity index (χ0) is 14.1. The van der Waals surface area contributed by atoms with E-state index >= 15 is 0 Å².